The Balaban J connectivity index is 0.00000169. The monoisotopic (exact) mass is 193 g/mol. The Kier molecular flexibility index (Phi) is 6.20. The van der Waals surface area contributed by atoms with E-state index in [1.165, 1.54) is 0 Å². The van der Waals surface area contributed by atoms with Crippen LogP contribution in [0.15, 0.2) is 35.4 Å². The quantitative estimate of drug-likeness (QED) is 0.445. The Labute approximate surface area is 83.8 Å². The highest BCUT2D eigenvalue weighted by molar-refractivity contribution is 5.15. The number of nitrogens with zero attached hydrogens (tertiary/aromatic N) is 3. The summed E-state index contributed by atoms with van der Waals surface area (Å²) < 4.78 is 0. The van der Waals surface area contributed by atoms with Gasteiger partial charge in [0, 0.05) is 4.91 Å². The summed E-state index contributed by atoms with van der Waals surface area (Å²) >= 11 is 0. The molecule has 4 heteroatoms. The standard InChI is InChI=1S/C9H11N3O.CH4/c10-12-11-9(7-13)6-8-4-2-1-3-5-8;/h1-5,9,13H,6-7H2;1H4. The van der Waals surface area contributed by atoms with E-state index in [2.05, 4.69) is 10.0 Å². The Bertz CT molecular complexity index is 293. The van der Waals surface area contributed by atoms with Gasteiger partial charge >= 0.3 is 0 Å². The van der Waals surface area contributed by atoms with Crippen molar-refractivity contribution in [3.8, 4) is 0 Å². The van der Waals surface area contributed by atoms with E-state index < -0.39 is 0 Å². The summed E-state index contributed by atoms with van der Waals surface area (Å²) in [6.07, 6.45) is 0.585. The van der Waals surface area contributed by atoms with Crippen molar-refractivity contribution in [2.24, 2.45) is 5.11 Å². The van der Waals surface area contributed by atoms with Crippen molar-refractivity contribution in [1.29, 1.82) is 0 Å². The number of aliphatic hydroxyl groups excluding tert-OH is 1. The van der Waals surface area contributed by atoms with Gasteiger partial charge in [-0.15, -0.1) is 0 Å². The predicted octanol–water partition coefficient (Wildman–Crippen LogP) is 2.54. The molecular weight excluding hydrogens is 178 g/mol. The zero-order valence-corrected chi connectivity index (χ0v) is 7.17. The molecule has 0 heterocycles. The minimum Gasteiger partial charge on any atom is -0.396 e. The van der Waals surface area contributed by atoms with Gasteiger partial charge in [-0.1, -0.05) is 42.9 Å². The molecule has 0 spiro atoms. The molecule has 1 rings (SSSR count). The van der Waals surface area contributed by atoms with Gasteiger partial charge in [0.25, 0.3) is 0 Å². The molecule has 1 unspecified atom stereocenters. The lowest BCUT2D eigenvalue weighted by Crippen LogP contribution is -2.12. The summed E-state index contributed by atoms with van der Waals surface area (Å²) in [5, 5.41) is 12.3. The van der Waals surface area contributed by atoms with E-state index in [0.717, 1.165) is 5.56 Å². The largest absolute Gasteiger partial charge is 0.396 e. The second kappa shape index (κ2) is 6.95. The lowest BCUT2D eigenvalue weighted by Gasteiger charge is -2.06. The van der Waals surface area contributed by atoms with Gasteiger partial charge in [0.1, 0.15) is 0 Å². The first kappa shape index (κ1) is 12.5. The van der Waals surface area contributed by atoms with Gasteiger partial charge in [-0.25, -0.2) is 0 Å². The molecule has 0 radical (unpaired) electrons. The molecular formula is C10H15N3O. The van der Waals surface area contributed by atoms with E-state index >= 15 is 0 Å². The van der Waals surface area contributed by atoms with E-state index in [1.54, 1.807) is 0 Å². The second-order valence-corrected chi connectivity index (χ2v) is 2.73. The molecule has 0 saturated heterocycles. The third-order valence-electron chi connectivity index (χ3n) is 1.74. The molecule has 1 aromatic rings. The number of rotatable bonds is 4. The van der Waals surface area contributed by atoms with Crippen LogP contribution in [0.5, 0.6) is 0 Å². The Morgan fingerprint density at radius 2 is 2.00 bits per heavy atom. The van der Waals surface area contributed by atoms with Crippen LogP contribution >= 0.6 is 0 Å². The lowest BCUT2D eigenvalue weighted by atomic mass is 10.1. The number of hydrogen-bond acceptors (Lipinski definition) is 2. The van der Waals surface area contributed by atoms with E-state index in [1.807, 2.05) is 30.3 Å². The maximum atomic E-state index is 8.85. The SMILES string of the molecule is C.[N-]=[N+]=NC(CO)Cc1ccccc1. The Morgan fingerprint density at radius 1 is 1.36 bits per heavy atom. The van der Waals surface area contributed by atoms with E-state index in [0.29, 0.717) is 6.42 Å². The Morgan fingerprint density at radius 3 is 2.50 bits per heavy atom. The predicted molar refractivity (Wildman–Crippen MR) is 56.9 cm³/mol. The lowest BCUT2D eigenvalue weighted by molar-refractivity contribution is 0.265. The molecule has 0 aliphatic carbocycles. The molecule has 0 bridgehead atoms. The normalized spacial score (nSPS) is 10.9. The van der Waals surface area contributed by atoms with Crippen LogP contribution in [0, 0.1) is 0 Å². The zero-order valence-electron chi connectivity index (χ0n) is 7.17. The molecule has 1 aromatic carbocycles. The fourth-order valence-electron chi connectivity index (χ4n) is 1.10. The van der Waals surface area contributed by atoms with Crippen molar-refractivity contribution in [3.63, 3.8) is 0 Å². The first-order valence-electron chi connectivity index (χ1n) is 4.06. The van der Waals surface area contributed by atoms with Crippen molar-refractivity contribution < 1.29 is 5.11 Å². The number of aliphatic hydroxyl groups is 1. The van der Waals surface area contributed by atoms with E-state index in [-0.39, 0.29) is 20.1 Å². The average molecular weight is 193 g/mol. The average Bonchev–Trinajstić information content (AvgIpc) is 2.19. The molecule has 1 atom stereocenters. The molecule has 4 nitrogen and oxygen atoms in total. The highest BCUT2D eigenvalue weighted by atomic mass is 16.3. The number of hydrogen-bond donors (Lipinski definition) is 1. The Hall–Kier alpha value is -1.51. The topological polar surface area (TPSA) is 69.0 Å². The first-order chi connectivity index (χ1) is 6.36. The number of benzene rings is 1. The third kappa shape index (κ3) is 3.94. The van der Waals surface area contributed by atoms with Crippen LogP contribution in [0.3, 0.4) is 0 Å². The van der Waals surface area contributed by atoms with Gasteiger partial charge in [-0.3, -0.25) is 0 Å². The fourth-order valence-corrected chi connectivity index (χ4v) is 1.10. The highest BCUT2D eigenvalue weighted by Crippen LogP contribution is 2.05. The van der Waals surface area contributed by atoms with Crippen molar-refractivity contribution in [2.45, 2.75) is 19.9 Å². The molecule has 76 valence electrons. The zero-order chi connectivity index (χ0) is 9.52. The van der Waals surface area contributed by atoms with Crippen LogP contribution in [0.2, 0.25) is 0 Å². The van der Waals surface area contributed by atoms with E-state index in [9.17, 15) is 0 Å². The fraction of sp³-hybridized carbons (Fsp3) is 0.400. The van der Waals surface area contributed by atoms with Gasteiger partial charge in [0.2, 0.25) is 0 Å². The van der Waals surface area contributed by atoms with Crippen LogP contribution in [-0.2, 0) is 6.42 Å². The van der Waals surface area contributed by atoms with Gasteiger partial charge in [0.05, 0.1) is 12.6 Å². The van der Waals surface area contributed by atoms with Gasteiger partial charge in [-0.2, -0.15) is 0 Å². The minimum atomic E-state index is -0.354. The van der Waals surface area contributed by atoms with Crippen LogP contribution in [0.4, 0.5) is 0 Å². The molecule has 0 aromatic heterocycles. The summed E-state index contributed by atoms with van der Waals surface area (Å²) in [5.41, 5.74) is 9.26. The molecule has 0 amide bonds. The number of azide groups is 1. The van der Waals surface area contributed by atoms with Gasteiger partial charge < -0.3 is 5.11 Å². The van der Waals surface area contributed by atoms with Crippen LogP contribution in [0.25, 0.3) is 10.4 Å². The minimum absolute atomic E-state index is 0. The smallest absolute Gasteiger partial charge is 0.0645 e. The van der Waals surface area contributed by atoms with E-state index in [4.69, 9.17) is 10.6 Å². The molecule has 0 saturated carbocycles. The van der Waals surface area contributed by atoms with Crippen molar-refractivity contribution >= 4 is 0 Å². The highest BCUT2D eigenvalue weighted by Gasteiger charge is 2.04. The van der Waals surface area contributed by atoms with Crippen molar-refractivity contribution in [1.82, 2.24) is 0 Å². The molecule has 0 fully saturated rings. The second-order valence-electron chi connectivity index (χ2n) is 2.73. The molecule has 0 aliphatic heterocycles. The summed E-state index contributed by atoms with van der Waals surface area (Å²) in [4.78, 5) is 2.67. The molecule has 14 heavy (non-hydrogen) atoms. The third-order valence-corrected chi connectivity index (χ3v) is 1.74. The summed E-state index contributed by atoms with van der Waals surface area (Å²) in [6.45, 7) is -0.112. The van der Waals surface area contributed by atoms with Crippen LogP contribution < -0.4 is 0 Å². The maximum Gasteiger partial charge on any atom is 0.0645 e. The summed E-state index contributed by atoms with van der Waals surface area (Å²) in [5.74, 6) is 0. The van der Waals surface area contributed by atoms with Crippen molar-refractivity contribution in [2.75, 3.05) is 6.61 Å². The molecule has 0 aliphatic rings. The van der Waals surface area contributed by atoms with Crippen LogP contribution in [-0.4, -0.2) is 17.8 Å². The summed E-state index contributed by atoms with van der Waals surface area (Å²) in [6, 6.07) is 9.28. The van der Waals surface area contributed by atoms with Crippen LogP contribution in [0.1, 0.15) is 13.0 Å². The van der Waals surface area contributed by atoms with Gasteiger partial charge in [0.15, 0.2) is 0 Å². The van der Waals surface area contributed by atoms with Crippen molar-refractivity contribution in [3.05, 3.63) is 46.3 Å². The first-order valence-corrected chi connectivity index (χ1v) is 4.06. The van der Waals surface area contributed by atoms with Gasteiger partial charge in [-0.05, 0) is 17.5 Å². The maximum absolute atomic E-state index is 8.85. The molecule has 1 N–H and O–H groups in total. The summed E-state index contributed by atoms with van der Waals surface area (Å²) in [7, 11) is 0.